The van der Waals surface area contributed by atoms with Crippen molar-refractivity contribution in [2.75, 3.05) is 18.5 Å². The highest BCUT2D eigenvalue weighted by molar-refractivity contribution is 7.18. The Bertz CT molecular complexity index is 948. The van der Waals surface area contributed by atoms with Crippen molar-refractivity contribution in [2.45, 2.75) is 18.4 Å². The van der Waals surface area contributed by atoms with Gasteiger partial charge in [0, 0.05) is 11.3 Å². The Morgan fingerprint density at radius 2 is 2.07 bits per heavy atom. The number of carbonyl (C=O) groups is 1. The Morgan fingerprint density at radius 1 is 1.36 bits per heavy atom. The topological polar surface area (TPSA) is 76.7 Å². The molecular weight excluding hydrogens is 438 g/mol. The summed E-state index contributed by atoms with van der Waals surface area (Å²) in [4.78, 5) is 16.4. The van der Waals surface area contributed by atoms with Gasteiger partial charge in [-0.1, -0.05) is 23.2 Å². The molecule has 1 aromatic heterocycles. The van der Waals surface area contributed by atoms with E-state index < -0.39 is 35.4 Å². The predicted molar refractivity (Wildman–Crippen MR) is 103 cm³/mol. The van der Waals surface area contributed by atoms with Gasteiger partial charge in [0.05, 0.1) is 9.90 Å². The normalized spacial score (nSPS) is 21.7. The maximum absolute atomic E-state index is 14.7. The largest absolute Gasteiger partial charge is 0.385 e. The van der Waals surface area contributed by atoms with E-state index in [1.54, 1.807) is 0 Å². The van der Waals surface area contributed by atoms with Crippen molar-refractivity contribution < 1.29 is 22.7 Å². The van der Waals surface area contributed by atoms with Gasteiger partial charge in [0.15, 0.2) is 5.54 Å². The van der Waals surface area contributed by atoms with E-state index in [0.29, 0.717) is 0 Å². The molecule has 1 amide bonds. The third kappa shape index (κ3) is 3.84. The van der Waals surface area contributed by atoms with Gasteiger partial charge in [-0.2, -0.15) is 0 Å². The molecule has 0 bridgehead atoms. The number of anilines is 1. The van der Waals surface area contributed by atoms with Gasteiger partial charge in [0.2, 0.25) is 0 Å². The summed E-state index contributed by atoms with van der Waals surface area (Å²) in [5.41, 5.74) is 2.96. The Balaban J connectivity index is 1.99. The van der Waals surface area contributed by atoms with E-state index in [0.717, 1.165) is 30.4 Å². The number of alkyl halides is 2. The second kappa shape index (κ2) is 7.55. The highest BCUT2D eigenvalue weighted by atomic mass is 35.5. The fourth-order valence-electron chi connectivity index (χ4n) is 2.71. The molecule has 11 heteroatoms. The summed E-state index contributed by atoms with van der Waals surface area (Å²) < 4.78 is 48.9. The van der Waals surface area contributed by atoms with E-state index in [2.05, 4.69) is 10.3 Å². The predicted octanol–water partition coefficient (Wildman–Crippen LogP) is 4.68. The fraction of sp³-hybridized carbons (Fsp3) is 0.294. The van der Waals surface area contributed by atoms with Gasteiger partial charge in [0.1, 0.15) is 29.2 Å². The molecule has 2 aromatic rings. The van der Waals surface area contributed by atoms with E-state index in [9.17, 15) is 18.0 Å². The van der Waals surface area contributed by atoms with Gasteiger partial charge in [-0.15, -0.1) is 11.3 Å². The maximum atomic E-state index is 14.7. The average Bonchev–Trinajstić information content (AvgIpc) is 2.90. The number of amidine groups is 1. The number of carbonyl (C=O) groups excluding carboxylic acids is 1. The van der Waals surface area contributed by atoms with Crippen LogP contribution in [0.5, 0.6) is 0 Å². The number of halogens is 5. The van der Waals surface area contributed by atoms with Crippen LogP contribution < -0.4 is 11.1 Å². The highest BCUT2D eigenvalue weighted by Gasteiger charge is 2.54. The zero-order valence-electron chi connectivity index (χ0n) is 14.4. The Kier molecular flexibility index (Phi) is 5.64. The molecule has 0 radical (unpaired) electrons. The van der Waals surface area contributed by atoms with Crippen molar-refractivity contribution in [3.8, 4) is 0 Å². The zero-order chi connectivity index (χ0) is 20.7. The number of benzene rings is 1. The summed E-state index contributed by atoms with van der Waals surface area (Å²) in [6.07, 6.45) is 0. The van der Waals surface area contributed by atoms with E-state index in [1.165, 1.54) is 12.1 Å². The second-order valence-corrected chi connectivity index (χ2v) is 8.32. The smallest absolute Gasteiger partial charge is 0.299 e. The summed E-state index contributed by atoms with van der Waals surface area (Å²) in [5, 5.41) is 2.72. The van der Waals surface area contributed by atoms with Gasteiger partial charge in [-0.05, 0) is 31.2 Å². The number of amides is 1. The lowest BCUT2D eigenvalue weighted by Gasteiger charge is -2.33. The van der Waals surface area contributed by atoms with Crippen molar-refractivity contribution in [1.82, 2.24) is 0 Å². The van der Waals surface area contributed by atoms with Crippen molar-refractivity contribution in [3.05, 3.63) is 49.9 Å². The fourth-order valence-corrected chi connectivity index (χ4v) is 3.97. The summed E-state index contributed by atoms with van der Waals surface area (Å²) in [7, 11) is 0. The van der Waals surface area contributed by atoms with Crippen LogP contribution in [0.3, 0.4) is 0 Å². The molecular formula is C17H14Cl2F3N3O2S. The standard InChI is InChI=1S/C17H14Cl2F3N3O2S/c1-16(17(21,22)7-27-6-13(23)25-16)9-4-8(2-3-11(9)20)24-15(26)12-5-10(18)14(19)28-12/h2-5H,6-7H2,1H3,(H2,23,25)(H,24,26)/t16-/m1/s1. The molecule has 150 valence electrons. The van der Waals surface area contributed by atoms with E-state index >= 15 is 0 Å². The lowest BCUT2D eigenvalue weighted by molar-refractivity contribution is -0.116. The molecule has 1 aromatic carbocycles. The zero-order valence-corrected chi connectivity index (χ0v) is 16.7. The van der Waals surface area contributed by atoms with E-state index in [1.807, 2.05) is 0 Å². The van der Waals surface area contributed by atoms with Crippen LogP contribution in [-0.2, 0) is 10.3 Å². The third-order valence-electron chi connectivity index (χ3n) is 4.23. The van der Waals surface area contributed by atoms with E-state index in [4.69, 9.17) is 33.7 Å². The highest BCUT2D eigenvalue weighted by Crippen LogP contribution is 2.44. The Morgan fingerprint density at radius 3 is 2.71 bits per heavy atom. The number of nitrogens with one attached hydrogen (secondary N) is 1. The molecule has 5 nitrogen and oxygen atoms in total. The van der Waals surface area contributed by atoms with Crippen molar-refractivity contribution in [2.24, 2.45) is 10.7 Å². The monoisotopic (exact) mass is 451 g/mol. The van der Waals surface area contributed by atoms with Crippen LogP contribution in [0.1, 0.15) is 22.2 Å². The quantitative estimate of drug-likeness (QED) is 0.710. The molecule has 1 aliphatic heterocycles. The van der Waals surface area contributed by atoms with Crippen LogP contribution in [-0.4, -0.2) is 30.9 Å². The summed E-state index contributed by atoms with van der Waals surface area (Å²) in [6.45, 7) is -0.198. The molecule has 1 aliphatic rings. The maximum Gasteiger partial charge on any atom is 0.299 e. The lowest BCUT2D eigenvalue weighted by atomic mass is 9.85. The van der Waals surface area contributed by atoms with Crippen molar-refractivity contribution in [3.63, 3.8) is 0 Å². The van der Waals surface area contributed by atoms with Crippen LogP contribution >= 0.6 is 34.5 Å². The molecule has 0 aliphatic carbocycles. The van der Waals surface area contributed by atoms with Gasteiger partial charge in [-0.3, -0.25) is 9.79 Å². The van der Waals surface area contributed by atoms with Gasteiger partial charge < -0.3 is 15.8 Å². The molecule has 3 N–H and O–H groups in total. The molecule has 0 spiro atoms. The first-order valence-electron chi connectivity index (χ1n) is 7.89. The average molecular weight is 452 g/mol. The lowest BCUT2D eigenvalue weighted by Crippen LogP contribution is -2.45. The van der Waals surface area contributed by atoms with Crippen LogP contribution in [0.25, 0.3) is 0 Å². The number of nitrogens with zero attached hydrogens (tertiary/aromatic N) is 1. The Hall–Kier alpha value is -1.81. The van der Waals surface area contributed by atoms with E-state index in [-0.39, 0.29) is 32.4 Å². The van der Waals surface area contributed by atoms with Crippen LogP contribution in [0.2, 0.25) is 9.36 Å². The molecule has 0 saturated heterocycles. The molecule has 0 unspecified atom stereocenters. The Labute approximate surface area is 172 Å². The molecule has 0 fully saturated rings. The number of aliphatic imine (C=N–C) groups is 1. The van der Waals surface area contributed by atoms with Crippen LogP contribution in [0.15, 0.2) is 29.3 Å². The summed E-state index contributed by atoms with van der Waals surface area (Å²) in [6, 6.07) is 4.69. The number of hydrogen-bond donors (Lipinski definition) is 2. The number of nitrogens with two attached hydrogens (primary N) is 1. The molecule has 0 saturated carbocycles. The summed E-state index contributed by atoms with van der Waals surface area (Å²) in [5.74, 6) is -5.20. The van der Waals surface area contributed by atoms with Gasteiger partial charge in [-0.25, -0.2) is 13.2 Å². The number of ether oxygens (including phenoxy) is 1. The minimum absolute atomic E-state index is 0.0954. The third-order valence-corrected chi connectivity index (χ3v) is 6.09. The second-order valence-electron chi connectivity index (χ2n) is 6.25. The molecule has 3 rings (SSSR count). The van der Waals surface area contributed by atoms with Crippen molar-refractivity contribution >= 4 is 52.0 Å². The molecule has 1 atom stereocenters. The minimum Gasteiger partial charge on any atom is -0.385 e. The van der Waals surface area contributed by atoms with Gasteiger partial charge >= 0.3 is 0 Å². The van der Waals surface area contributed by atoms with Crippen molar-refractivity contribution in [1.29, 1.82) is 0 Å². The first kappa shape index (κ1) is 20.9. The molecule has 28 heavy (non-hydrogen) atoms. The molecule has 2 heterocycles. The van der Waals surface area contributed by atoms with Crippen LogP contribution in [0.4, 0.5) is 18.9 Å². The number of thiophene rings is 1. The minimum atomic E-state index is -3.54. The van der Waals surface area contributed by atoms with Gasteiger partial charge in [0.25, 0.3) is 11.8 Å². The first-order valence-corrected chi connectivity index (χ1v) is 9.47. The first-order chi connectivity index (χ1) is 13.0. The number of rotatable bonds is 3. The van der Waals surface area contributed by atoms with Crippen LogP contribution in [0, 0.1) is 5.82 Å². The SMILES string of the molecule is C[C@]1(c2cc(NC(=O)c3cc(Cl)c(Cl)s3)ccc2F)N=C(N)COCC1(F)F. The summed E-state index contributed by atoms with van der Waals surface area (Å²) >= 11 is 12.6. The number of hydrogen-bond acceptors (Lipinski definition) is 5.